The average Bonchev–Trinajstić information content (AvgIpc) is 2.73. The molecular formula is C16H27NO3S. The van der Waals surface area contributed by atoms with Crippen LogP contribution in [0.1, 0.15) is 58.8 Å². The zero-order valence-electron chi connectivity index (χ0n) is 13.1. The number of carbonyl (C=O) groups excluding carboxylic acids is 1. The Kier molecular flexibility index (Phi) is 5.97. The van der Waals surface area contributed by atoms with Gasteiger partial charge in [-0.05, 0) is 24.7 Å². The second kappa shape index (κ2) is 7.52. The summed E-state index contributed by atoms with van der Waals surface area (Å²) >= 11 is 1.61. The number of thioether (sulfide) groups is 1. The minimum absolute atomic E-state index is 0.0179. The van der Waals surface area contributed by atoms with Crippen LogP contribution in [0.2, 0.25) is 0 Å². The maximum atomic E-state index is 12.7. The van der Waals surface area contributed by atoms with Crippen molar-refractivity contribution in [1.29, 1.82) is 0 Å². The van der Waals surface area contributed by atoms with Crippen LogP contribution in [-0.2, 0) is 9.59 Å². The minimum Gasteiger partial charge on any atom is -0.480 e. The maximum Gasteiger partial charge on any atom is 0.327 e. The molecule has 0 bridgehead atoms. The van der Waals surface area contributed by atoms with Gasteiger partial charge < -0.3 is 10.0 Å². The second-order valence-corrected chi connectivity index (χ2v) is 7.83. The third-order valence-corrected chi connectivity index (χ3v) is 6.24. The molecule has 1 saturated heterocycles. The van der Waals surface area contributed by atoms with Crippen LogP contribution in [-0.4, -0.2) is 39.1 Å². The number of nitrogens with zero attached hydrogens (tertiary/aromatic N) is 1. The van der Waals surface area contributed by atoms with Crippen molar-refractivity contribution < 1.29 is 14.7 Å². The molecule has 5 heteroatoms. The van der Waals surface area contributed by atoms with Crippen LogP contribution in [0, 0.1) is 11.8 Å². The highest BCUT2D eigenvalue weighted by atomic mass is 32.2. The summed E-state index contributed by atoms with van der Waals surface area (Å²) in [6, 6.07) is -0.638. The molecule has 1 N–H and O–H groups in total. The molecule has 120 valence electrons. The Morgan fingerprint density at radius 1 is 1.19 bits per heavy atom. The molecule has 2 rings (SSSR count). The fourth-order valence-corrected chi connectivity index (χ4v) is 4.96. The van der Waals surface area contributed by atoms with Gasteiger partial charge in [0.05, 0.1) is 5.37 Å². The number of hydrogen-bond donors (Lipinski definition) is 1. The van der Waals surface area contributed by atoms with E-state index in [4.69, 9.17) is 0 Å². The van der Waals surface area contributed by atoms with Crippen molar-refractivity contribution in [1.82, 2.24) is 4.90 Å². The van der Waals surface area contributed by atoms with Gasteiger partial charge in [0.15, 0.2) is 0 Å². The Bertz CT molecular complexity index is 378. The molecule has 2 aliphatic rings. The summed E-state index contributed by atoms with van der Waals surface area (Å²) in [5.41, 5.74) is 0. The lowest BCUT2D eigenvalue weighted by Crippen LogP contribution is -2.47. The van der Waals surface area contributed by atoms with Crippen LogP contribution in [0.15, 0.2) is 0 Å². The van der Waals surface area contributed by atoms with Gasteiger partial charge >= 0.3 is 5.97 Å². The lowest BCUT2D eigenvalue weighted by molar-refractivity contribution is -0.150. The first-order valence-electron chi connectivity index (χ1n) is 8.16. The van der Waals surface area contributed by atoms with E-state index < -0.39 is 12.0 Å². The zero-order valence-corrected chi connectivity index (χ0v) is 13.9. The molecule has 2 unspecified atom stereocenters. The summed E-state index contributed by atoms with van der Waals surface area (Å²) in [5, 5.41) is 9.39. The van der Waals surface area contributed by atoms with Gasteiger partial charge in [0.25, 0.3) is 0 Å². The average molecular weight is 313 g/mol. The van der Waals surface area contributed by atoms with E-state index in [1.54, 1.807) is 16.7 Å². The largest absolute Gasteiger partial charge is 0.480 e. The van der Waals surface area contributed by atoms with Gasteiger partial charge in [-0.2, -0.15) is 0 Å². The summed E-state index contributed by atoms with van der Waals surface area (Å²) in [6.45, 7) is 4.13. The molecule has 0 spiro atoms. The number of carbonyl (C=O) groups is 2. The molecule has 4 nitrogen and oxygen atoms in total. The van der Waals surface area contributed by atoms with Gasteiger partial charge in [0.2, 0.25) is 5.91 Å². The summed E-state index contributed by atoms with van der Waals surface area (Å²) in [6.07, 6.45) is 7.75. The van der Waals surface area contributed by atoms with E-state index in [-0.39, 0.29) is 17.2 Å². The smallest absolute Gasteiger partial charge is 0.327 e. The Labute approximate surface area is 131 Å². The Balaban J connectivity index is 2.03. The number of amides is 1. The monoisotopic (exact) mass is 313 g/mol. The standard InChI is InChI=1S/C16H27NO3S/c1-11(2)15-17(13(10-21-15)16(19)20)14(18)9-12-7-5-3-4-6-8-12/h11-13,15H,3-10H2,1-2H3,(H,19,20). The molecule has 1 aliphatic heterocycles. The number of hydrogen-bond acceptors (Lipinski definition) is 3. The quantitative estimate of drug-likeness (QED) is 0.809. The van der Waals surface area contributed by atoms with Crippen molar-refractivity contribution in [3.05, 3.63) is 0 Å². The number of carboxylic acid groups (broad SMARTS) is 1. The lowest BCUT2D eigenvalue weighted by Gasteiger charge is -2.31. The number of carboxylic acids is 1. The lowest BCUT2D eigenvalue weighted by atomic mass is 9.95. The number of rotatable bonds is 4. The SMILES string of the molecule is CC(C)C1SCC(C(=O)O)N1C(=O)CC1CCCCCC1. The van der Waals surface area contributed by atoms with Gasteiger partial charge in [0.1, 0.15) is 6.04 Å². The first kappa shape index (κ1) is 16.7. The highest BCUT2D eigenvalue weighted by Gasteiger charge is 2.42. The van der Waals surface area contributed by atoms with E-state index in [1.165, 1.54) is 25.7 Å². The van der Waals surface area contributed by atoms with Gasteiger partial charge in [-0.3, -0.25) is 4.79 Å². The van der Waals surface area contributed by atoms with Crippen LogP contribution in [0.25, 0.3) is 0 Å². The predicted molar refractivity (Wildman–Crippen MR) is 85.2 cm³/mol. The van der Waals surface area contributed by atoms with Crippen LogP contribution in [0.5, 0.6) is 0 Å². The van der Waals surface area contributed by atoms with Crippen LogP contribution < -0.4 is 0 Å². The van der Waals surface area contributed by atoms with Crippen LogP contribution >= 0.6 is 11.8 Å². The van der Waals surface area contributed by atoms with Crippen molar-refractivity contribution in [2.24, 2.45) is 11.8 Å². The minimum atomic E-state index is -0.861. The molecule has 0 radical (unpaired) electrons. The molecule has 1 heterocycles. The molecular weight excluding hydrogens is 286 g/mol. The second-order valence-electron chi connectivity index (χ2n) is 6.68. The van der Waals surface area contributed by atoms with Crippen molar-refractivity contribution in [2.75, 3.05) is 5.75 Å². The van der Waals surface area contributed by atoms with Crippen molar-refractivity contribution in [3.8, 4) is 0 Å². The summed E-state index contributed by atoms with van der Waals surface area (Å²) in [5.74, 6) is 0.456. The molecule has 0 aromatic rings. The first-order chi connectivity index (χ1) is 10.0. The van der Waals surface area contributed by atoms with Crippen molar-refractivity contribution >= 4 is 23.6 Å². The molecule has 21 heavy (non-hydrogen) atoms. The predicted octanol–water partition coefficient (Wildman–Crippen LogP) is 3.36. The first-order valence-corrected chi connectivity index (χ1v) is 9.21. The van der Waals surface area contributed by atoms with Gasteiger partial charge in [0, 0.05) is 12.2 Å². The highest BCUT2D eigenvalue weighted by Crippen LogP contribution is 2.36. The highest BCUT2D eigenvalue weighted by molar-refractivity contribution is 8.00. The van der Waals surface area contributed by atoms with Gasteiger partial charge in [-0.1, -0.05) is 39.5 Å². The van der Waals surface area contributed by atoms with Crippen LogP contribution in [0.4, 0.5) is 0 Å². The summed E-state index contributed by atoms with van der Waals surface area (Å²) in [7, 11) is 0. The molecule has 1 saturated carbocycles. The zero-order chi connectivity index (χ0) is 15.4. The van der Waals surface area contributed by atoms with E-state index in [0.29, 0.717) is 18.1 Å². The topological polar surface area (TPSA) is 57.6 Å². The normalized spacial score (nSPS) is 27.9. The van der Waals surface area contributed by atoms with E-state index in [9.17, 15) is 14.7 Å². The summed E-state index contributed by atoms with van der Waals surface area (Å²) < 4.78 is 0. The fraction of sp³-hybridized carbons (Fsp3) is 0.875. The molecule has 1 amide bonds. The molecule has 0 aromatic heterocycles. The Morgan fingerprint density at radius 3 is 2.33 bits per heavy atom. The van der Waals surface area contributed by atoms with Gasteiger partial charge in [-0.15, -0.1) is 11.8 Å². The van der Waals surface area contributed by atoms with Crippen molar-refractivity contribution in [3.63, 3.8) is 0 Å². The Morgan fingerprint density at radius 2 is 1.81 bits per heavy atom. The Hall–Kier alpha value is -0.710. The fourth-order valence-electron chi connectivity index (χ4n) is 3.47. The molecule has 1 aliphatic carbocycles. The van der Waals surface area contributed by atoms with Crippen molar-refractivity contribution in [2.45, 2.75) is 70.2 Å². The van der Waals surface area contributed by atoms with E-state index >= 15 is 0 Å². The van der Waals surface area contributed by atoms with E-state index in [1.807, 2.05) is 0 Å². The third kappa shape index (κ3) is 4.15. The maximum absolute atomic E-state index is 12.7. The van der Waals surface area contributed by atoms with Crippen LogP contribution in [0.3, 0.4) is 0 Å². The van der Waals surface area contributed by atoms with E-state index in [0.717, 1.165) is 12.8 Å². The molecule has 2 fully saturated rings. The number of aliphatic carboxylic acids is 1. The van der Waals surface area contributed by atoms with E-state index in [2.05, 4.69) is 13.8 Å². The summed E-state index contributed by atoms with van der Waals surface area (Å²) in [4.78, 5) is 25.8. The van der Waals surface area contributed by atoms with Gasteiger partial charge in [-0.25, -0.2) is 4.79 Å². The molecule has 0 aromatic carbocycles. The molecule has 2 atom stereocenters. The third-order valence-electron chi connectivity index (χ3n) is 4.62.